The first-order chi connectivity index (χ1) is 20.4. The molecular weight excluding hydrogens is 552 g/mol. The highest BCUT2D eigenvalue weighted by molar-refractivity contribution is 5.72. The molecule has 0 spiro atoms. The maximum atomic E-state index is 12.5. The fourth-order valence-electron chi connectivity index (χ4n) is 7.50. The van der Waals surface area contributed by atoms with Gasteiger partial charge in [-0.05, 0) is 75.5 Å². The minimum Gasteiger partial charge on any atom is -0.490 e. The average Bonchev–Trinajstić information content (AvgIpc) is 3.57. The van der Waals surface area contributed by atoms with Gasteiger partial charge in [0.05, 0.1) is 43.5 Å². The smallest absolute Gasteiger partial charge is 0.309 e. The minimum atomic E-state index is -0.338. The van der Waals surface area contributed by atoms with Crippen LogP contribution < -0.4 is 4.74 Å². The Kier molecular flexibility index (Phi) is 14.3. The number of rotatable bonds is 15. The van der Waals surface area contributed by atoms with Gasteiger partial charge >= 0.3 is 5.97 Å². The van der Waals surface area contributed by atoms with Crippen molar-refractivity contribution < 1.29 is 28.5 Å². The Bertz CT molecular complexity index is 987. The van der Waals surface area contributed by atoms with Crippen LogP contribution in [0.3, 0.4) is 0 Å². The lowest BCUT2D eigenvalue weighted by atomic mass is 9.94. The fourth-order valence-corrected chi connectivity index (χ4v) is 7.50. The summed E-state index contributed by atoms with van der Waals surface area (Å²) >= 11 is 0. The molecule has 4 fully saturated rings. The summed E-state index contributed by atoms with van der Waals surface area (Å²) in [4.78, 5) is 12.5. The second kappa shape index (κ2) is 17.1. The molecule has 1 atom stereocenters. The monoisotopic (exact) mass is 614 g/mol. The zero-order chi connectivity index (χ0) is 29.4. The van der Waals surface area contributed by atoms with Crippen LogP contribution in [0.15, 0.2) is 18.7 Å². The zero-order valence-corrected chi connectivity index (χ0v) is 26.3. The highest BCUT2D eigenvalue weighted by Gasteiger charge is 2.57. The standard InChI is InChI=1S/C36H54O6.2CH4/c1-4-27(3)34(37)42-36-18-16-35(26-36,17-19-36)41-21-20-38-33-29(24-39-31-12-8-6-9-13-31)22-28(5-2)23-30(33)25-40-32-14-10-7-11-15-32;;/h5,22-23,27,31-32H,2,4,6-21,24-26H2,1,3H3;2*1H4. The molecule has 0 heterocycles. The number of ether oxygens (including phenoxy) is 5. The SMILES string of the molecule is C.C.C=Cc1cc(COC2CCCCC2)c(OCCOC23CCC(OC(=O)C(C)CC)(CC2)C3)c(COC2CCCCC2)c1. The third kappa shape index (κ3) is 9.33. The molecule has 0 aromatic heterocycles. The summed E-state index contributed by atoms with van der Waals surface area (Å²) in [5, 5.41) is 0. The molecule has 6 nitrogen and oxygen atoms in total. The van der Waals surface area contributed by atoms with Crippen molar-refractivity contribution >= 4 is 12.0 Å². The van der Waals surface area contributed by atoms with Crippen LogP contribution in [0.2, 0.25) is 0 Å². The van der Waals surface area contributed by atoms with Crippen molar-refractivity contribution in [2.75, 3.05) is 13.2 Å². The van der Waals surface area contributed by atoms with Gasteiger partial charge in [-0.3, -0.25) is 4.79 Å². The van der Waals surface area contributed by atoms with E-state index in [1.807, 2.05) is 19.9 Å². The summed E-state index contributed by atoms with van der Waals surface area (Å²) in [5.41, 5.74) is 2.66. The molecule has 0 saturated heterocycles. The van der Waals surface area contributed by atoms with Gasteiger partial charge in [-0.15, -0.1) is 0 Å². The van der Waals surface area contributed by atoms with Crippen LogP contribution in [0, 0.1) is 5.92 Å². The predicted octanol–water partition coefficient (Wildman–Crippen LogP) is 9.74. The number of fused-ring (bicyclic) bond motifs is 2. The quantitative estimate of drug-likeness (QED) is 0.145. The Morgan fingerprint density at radius 2 is 1.39 bits per heavy atom. The molecule has 4 saturated carbocycles. The van der Waals surface area contributed by atoms with E-state index in [9.17, 15) is 4.79 Å². The number of benzene rings is 1. The summed E-state index contributed by atoms with van der Waals surface area (Å²) in [6.07, 6.45) is 20.0. The molecule has 0 amide bonds. The molecule has 1 aromatic rings. The molecule has 5 rings (SSSR count). The molecule has 0 N–H and O–H groups in total. The number of hydrogen-bond donors (Lipinski definition) is 0. The molecule has 2 bridgehead atoms. The first kappa shape index (κ1) is 36.6. The van der Waals surface area contributed by atoms with Gasteiger partial charge in [0.1, 0.15) is 18.0 Å². The fraction of sp³-hybridized carbons (Fsp3) is 0.763. The molecule has 1 unspecified atom stereocenters. The second-order valence-electron chi connectivity index (χ2n) is 13.5. The molecule has 44 heavy (non-hydrogen) atoms. The van der Waals surface area contributed by atoms with E-state index in [1.165, 1.54) is 38.5 Å². The van der Waals surface area contributed by atoms with Crippen LogP contribution in [-0.4, -0.2) is 42.6 Å². The first-order valence-corrected chi connectivity index (χ1v) is 16.9. The van der Waals surface area contributed by atoms with Gasteiger partial charge < -0.3 is 23.7 Å². The summed E-state index contributed by atoms with van der Waals surface area (Å²) in [7, 11) is 0. The van der Waals surface area contributed by atoms with Crippen LogP contribution in [0.4, 0.5) is 0 Å². The van der Waals surface area contributed by atoms with Gasteiger partial charge in [-0.2, -0.15) is 0 Å². The lowest BCUT2D eigenvalue weighted by Gasteiger charge is -2.28. The van der Waals surface area contributed by atoms with Crippen molar-refractivity contribution in [1.82, 2.24) is 0 Å². The third-order valence-electron chi connectivity index (χ3n) is 10.3. The topological polar surface area (TPSA) is 63.2 Å². The maximum Gasteiger partial charge on any atom is 0.309 e. The summed E-state index contributed by atoms with van der Waals surface area (Å²) in [5.74, 6) is 0.764. The molecule has 1 aromatic carbocycles. The van der Waals surface area contributed by atoms with Crippen molar-refractivity contribution in [2.24, 2.45) is 5.92 Å². The molecule has 250 valence electrons. The lowest BCUT2D eigenvalue weighted by molar-refractivity contribution is -0.163. The molecule has 0 aliphatic heterocycles. The van der Waals surface area contributed by atoms with Crippen LogP contribution >= 0.6 is 0 Å². The van der Waals surface area contributed by atoms with Gasteiger partial charge in [0.2, 0.25) is 0 Å². The summed E-state index contributed by atoms with van der Waals surface area (Å²) in [6, 6.07) is 4.31. The van der Waals surface area contributed by atoms with Gasteiger partial charge in [-0.25, -0.2) is 0 Å². The van der Waals surface area contributed by atoms with Crippen molar-refractivity contribution in [2.45, 2.75) is 168 Å². The maximum absolute atomic E-state index is 12.5. The van der Waals surface area contributed by atoms with Gasteiger partial charge in [0.15, 0.2) is 0 Å². The summed E-state index contributed by atoms with van der Waals surface area (Å²) < 4.78 is 32.0. The van der Waals surface area contributed by atoms with Gasteiger partial charge in [-0.1, -0.05) is 79.9 Å². The minimum absolute atomic E-state index is 0. The Morgan fingerprint density at radius 1 is 0.864 bits per heavy atom. The Hall–Kier alpha value is -1.89. The summed E-state index contributed by atoms with van der Waals surface area (Å²) in [6.45, 7) is 10.1. The van der Waals surface area contributed by atoms with E-state index >= 15 is 0 Å². The van der Waals surface area contributed by atoms with Crippen molar-refractivity contribution in [3.05, 3.63) is 35.4 Å². The van der Waals surface area contributed by atoms with Crippen molar-refractivity contribution in [3.63, 3.8) is 0 Å². The highest BCUT2D eigenvalue weighted by Crippen LogP contribution is 2.54. The Balaban J connectivity index is 0.00000264. The van der Waals surface area contributed by atoms with Crippen LogP contribution in [0.5, 0.6) is 5.75 Å². The van der Waals surface area contributed by atoms with E-state index in [0.717, 1.165) is 86.6 Å². The molecule has 0 radical (unpaired) electrons. The van der Waals surface area contributed by atoms with Gasteiger partial charge in [0, 0.05) is 17.5 Å². The second-order valence-corrected chi connectivity index (χ2v) is 13.5. The lowest BCUT2D eigenvalue weighted by Crippen LogP contribution is -2.32. The average molecular weight is 615 g/mol. The van der Waals surface area contributed by atoms with E-state index in [-0.39, 0.29) is 37.9 Å². The van der Waals surface area contributed by atoms with Crippen LogP contribution in [0.25, 0.3) is 6.08 Å². The molecular formula is C38H62O6. The zero-order valence-electron chi connectivity index (χ0n) is 26.3. The van der Waals surface area contributed by atoms with E-state index < -0.39 is 0 Å². The molecule has 6 heteroatoms. The number of hydrogen-bond acceptors (Lipinski definition) is 6. The van der Waals surface area contributed by atoms with Crippen molar-refractivity contribution in [1.29, 1.82) is 0 Å². The molecule has 4 aliphatic rings. The van der Waals surface area contributed by atoms with E-state index in [2.05, 4.69) is 18.7 Å². The third-order valence-corrected chi connectivity index (χ3v) is 10.3. The Labute approximate surface area is 268 Å². The Morgan fingerprint density at radius 3 is 1.89 bits per heavy atom. The largest absolute Gasteiger partial charge is 0.490 e. The van der Waals surface area contributed by atoms with E-state index in [1.54, 1.807) is 0 Å². The predicted molar refractivity (Wildman–Crippen MR) is 179 cm³/mol. The van der Waals surface area contributed by atoms with Crippen LogP contribution in [-0.2, 0) is 37.0 Å². The van der Waals surface area contributed by atoms with E-state index in [4.69, 9.17) is 23.7 Å². The van der Waals surface area contributed by atoms with Crippen LogP contribution in [0.1, 0.15) is 148 Å². The first-order valence-electron chi connectivity index (χ1n) is 16.9. The van der Waals surface area contributed by atoms with E-state index in [0.29, 0.717) is 38.6 Å². The van der Waals surface area contributed by atoms with Gasteiger partial charge in [0.25, 0.3) is 0 Å². The number of carbonyl (C=O) groups is 1. The molecule has 4 aliphatic carbocycles. The van der Waals surface area contributed by atoms with Crippen molar-refractivity contribution in [3.8, 4) is 5.75 Å². The highest BCUT2D eigenvalue weighted by atomic mass is 16.6. The number of carbonyl (C=O) groups excluding carboxylic acids is 1. The number of esters is 1. The normalized spacial score (nSPS) is 26.0.